The van der Waals surface area contributed by atoms with E-state index in [4.69, 9.17) is 11.6 Å². The summed E-state index contributed by atoms with van der Waals surface area (Å²) in [5.74, 6) is 0.458. The predicted octanol–water partition coefficient (Wildman–Crippen LogP) is 3.75. The molecule has 7 heteroatoms. The van der Waals surface area contributed by atoms with Gasteiger partial charge in [-0.15, -0.1) is 0 Å². The lowest BCUT2D eigenvalue weighted by atomic mass is 10.2. The van der Waals surface area contributed by atoms with Crippen molar-refractivity contribution in [3.63, 3.8) is 0 Å². The lowest BCUT2D eigenvalue weighted by Crippen LogP contribution is -2.02. The molecule has 1 aromatic carbocycles. The fourth-order valence-electron chi connectivity index (χ4n) is 2.51. The van der Waals surface area contributed by atoms with Gasteiger partial charge in [0, 0.05) is 11.4 Å². The molecule has 0 unspecified atom stereocenters. The predicted molar refractivity (Wildman–Crippen MR) is 100 cm³/mol. The minimum atomic E-state index is 0.458. The maximum atomic E-state index is 6.46. The van der Waals surface area contributed by atoms with E-state index in [1.807, 2.05) is 57.2 Å². The van der Waals surface area contributed by atoms with Crippen LogP contribution in [0.5, 0.6) is 0 Å². The van der Waals surface area contributed by atoms with Gasteiger partial charge in [-0.25, -0.2) is 20.1 Å². The number of rotatable bonds is 5. The average Bonchev–Trinajstić information content (AvgIpc) is 2.82. The number of nitrogens with one attached hydrogen (secondary N) is 1. The Labute approximate surface area is 151 Å². The van der Waals surface area contributed by atoms with E-state index in [2.05, 4.69) is 25.6 Å². The zero-order chi connectivity index (χ0) is 17.8. The summed E-state index contributed by atoms with van der Waals surface area (Å²) in [6, 6.07) is 12.0. The molecule has 1 N–H and O–H groups in total. The van der Waals surface area contributed by atoms with Crippen LogP contribution in [0.2, 0.25) is 5.15 Å². The van der Waals surface area contributed by atoms with E-state index in [0.29, 0.717) is 17.6 Å². The maximum absolute atomic E-state index is 6.46. The summed E-state index contributed by atoms with van der Waals surface area (Å²) < 4.78 is 1.76. The highest BCUT2D eigenvalue weighted by molar-refractivity contribution is 6.32. The molecule has 128 valence electrons. The van der Waals surface area contributed by atoms with Crippen LogP contribution in [0.25, 0.3) is 0 Å². The van der Waals surface area contributed by atoms with Gasteiger partial charge in [0.25, 0.3) is 0 Å². The smallest absolute Gasteiger partial charge is 0.243 e. The van der Waals surface area contributed by atoms with E-state index in [9.17, 15) is 0 Å². The molecule has 3 rings (SSSR count). The number of halogens is 1. The first kappa shape index (κ1) is 17.1. The summed E-state index contributed by atoms with van der Waals surface area (Å²) >= 11 is 6.46. The highest BCUT2D eigenvalue weighted by atomic mass is 35.5. The quantitative estimate of drug-likeness (QED) is 0.559. The fourth-order valence-corrected chi connectivity index (χ4v) is 2.79. The second kappa shape index (κ2) is 7.44. The van der Waals surface area contributed by atoms with Gasteiger partial charge in [-0.1, -0.05) is 41.9 Å². The van der Waals surface area contributed by atoms with E-state index in [1.54, 1.807) is 10.9 Å². The van der Waals surface area contributed by atoms with Crippen LogP contribution in [-0.2, 0) is 6.54 Å². The molecule has 2 heterocycles. The molecule has 0 saturated carbocycles. The number of hydrazone groups is 1. The normalized spacial score (nSPS) is 11.2. The van der Waals surface area contributed by atoms with Gasteiger partial charge in [-0.3, -0.25) is 0 Å². The molecule has 2 aromatic heterocycles. The Morgan fingerprint density at radius 1 is 1.12 bits per heavy atom. The molecule has 0 fully saturated rings. The van der Waals surface area contributed by atoms with Crippen molar-refractivity contribution in [2.75, 3.05) is 5.43 Å². The van der Waals surface area contributed by atoms with Gasteiger partial charge in [-0.05, 0) is 32.4 Å². The van der Waals surface area contributed by atoms with Crippen LogP contribution in [0.1, 0.15) is 28.2 Å². The zero-order valence-corrected chi connectivity index (χ0v) is 15.1. The SMILES string of the molecule is Cc1cc(C)nc(N/N=C\c2c(C)nn(Cc3ccccc3)c2Cl)n1. The second-order valence-electron chi connectivity index (χ2n) is 5.78. The third kappa shape index (κ3) is 4.22. The zero-order valence-electron chi connectivity index (χ0n) is 14.4. The minimum Gasteiger partial charge on any atom is -0.249 e. The summed E-state index contributed by atoms with van der Waals surface area (Å²) in [5, 5.41) is 9.24. The Morgan fingerprint density at radius 3 is 2.48 bits per heavy atom. The van der Waals surface area contributed by atoms with E-state index >= 15 is 0 Å². The Morgan fingerprint density at radius 2 is 1.80 bits per heavy atom. The Kier molecular flexibility index (Phi) is 5.09. The number of hydrogen-bond donors (Lipinski definition) is 1. The van der Waals surface area contributed by atoms with Crippen LogP contribution in [0.3, 0.4) is 0 Å². The van der Waals surface area contributed by atoms with Gasteiger partial charge in [0.15, 0.2) is 0 Å². The van der Waals surface area contributed by atoms with Gasteiger partial charge in [0.2, 0.25) is 5.95 Å². The first-order chi connectivity index (χ1) is 12.0. The average molecular weight is 355 g/mol. The van der Waals surface area contributed by atoms with Crippen molar-refractivity contribution in [2.45, 2.75) is 27.3 Å². The van der Waals surface area contributed by atoms with E-state index in [-0.39, 0.29) is 0 Å². The first-order valence-electron chi connectivity index (χ1n) is 7.91. The van der Waals surface area contributed by atoms with Gasteiger partial charge >= 0.3 is 0 Å². The van der Waals surface area contributed by atoms with Crippen molar-refractivity contribution < 1.29 is 0 Å². The molecule has 0 aliphatic heterocycles. The monoisotopic (exact) mass is 354 g/mol. The van der Waals surface area contributed by atoms with Crippen LogP contribution in [-0.4, -0.2) is 26.0 Å². The molecular weight excluding hydrogens is 336 g/mol. The molecule has 0 spiro atoms. The van der Waals surface area contributed by atoms with Crippen LogP contribution in [0.15, 0.2) is 41.5 Å². The molecule has 0 amide bonds. The van der Waals surface area contributed by atoms with E-state index in [0.717, 1.165) is 28.2 Å². The molecule has 0 radical (unpaired) electrons. The highest BCUT2D eigenvalue weighted by Gasteiger charge is 2.12. The highest BCUT2D eigenvalue weighted by Crippen LogP contribution is 2.19. The van der Waals surface area contributed by atoms with Gasteiger partial charge in [0.05, 0.1) is 24.0 Å². The molecule has 0 saturated heterocycles. The second-order valence-corrected chi connectivity index (χ2v) is 6.14. The first-order valence-corrected chi connectivity index (χ1v) is 8.29. The van der Waals surface area contributed by atoms with E-state index < -0.39 is 0 Å². The van der Waals surface area contributed by atoms with Crippen molar-refractivity contribution >= 4 is 23.8 Å². The van der Waals surface area contributed by atoms with Gasteiger partial charge in [-0.2, -0.15) is 10.2 Å². The standard InChI is InChI=1S/C18H19ClN6/c1-12-9-13(2)22-18(21-12)23-20-10-16-14(3)24-25(17(16)19)11-15-7-5-4-6-8-15/h4-10H,11H2,1-3H3,(H,21,22,23)/b20-10-. The van der Waals surface area contributed by atoms with Crippen LogP contribution < -0.4 is 5.43 Å². The fraction of sp³-hybridized carbons (Fsp3) is 0.222. The Balaban J connectivity index is 1.76. The number of nitrogens with zero attached hydrogens (tertiary/aromatic N) is 5. The van der Waals surface area contributed by atoms with E-state index in [1.165, 1.54) is 0 Å². The summed E-state index contributed by atoms with van der Waals surface area (Å²) in [6.45, 7) is 6.35. The summed E-state index contributed by atoms with van der Waals surface area (Å²) in [6.07, 6.45) is 1.65. The van der Waals surface area contributed by atoms with Crippen molar-refractivity contribution in [3.05, 3.63) is 69.8 Å². The summed E-state index contributed by atoms with van der Waals surface area (Å²) in [4.78, 5) is 8.56. The summed E-state index contributed by atoms with van der Waals surface area (Å²) in [7, 11) is 0. The Hall–Kier alpha value is -2.73. The summed E-state index contributed by atoms with van der Waals surface area (Å²) in [5.41, 5.74) is 7.33. The third-order valence-electron chi connectivity index (χ3n) is 3.63. The van der Waals surface area contributed by atoms with Gasteiger partial charge < -0.3 is 0 Å². The number of anilines is 1. The molecule has 0 bridgehead atoms. The van der Waals surface area contributed by atoms with Gasteiger partial charge in [0.1, 0.15) is 5.15 Å². The van der Waals surface area contributed by atoms with Crippen LogP contribution in [0.4, 0.5) is 5.95 Å². The number of benzene rings is 1. The lowest BCUT2D eigenvalue weighted by molar-refractivity contribution is 0.680. The van der Waals surface area contributed by atoms with Crippen LogP contribution >= 0.6 is 11.6 Å². The number of hydrogen-bond acceptors (Lipinski definition) is 5. The molecule has 0 atom stereocenters. The number of aryl methyl sites for hydroxylation is 3. The molecule has 0 aliphatic rings. The number of aromatic nitrogens is 4. The van der Waals surface area contributed by atoms with Crippen LogP contribution in [0, 0.1) is 20.8 Å². The maximum Gasteiger partial charge on any atom is 0.243 e. The molecule has 3 aromatic rings. The lowest BCUT2D eigenvalue weighted by Gasteiger charge is -2.03. The molecule has 0 aliphatic carbocycles. The molecule has 6 nitrogen and oxygen atoms in total. The Bertz CT molecular complexity index is 881. The van der Waals surface area contributed by atoms with Crippen molar-refractivity contribution in [1.29, 1.82) is 0 Å². The van der Waals surface area contributed by atoms with Crippen molar-refractivity contribution in [1.82, 2.24) is 19.7 Å². The minimum absolute atomic E-state index is 0.458. The third-order valence-corrected chi connectivity index (χ3v) is 4.02. The van der Waals surface area contributed by atoms with Crippen molar-refractivity contribution in [2.24, 2.45) is 5.10 Å². The topological polar surface area (TPSA) is 68.0 Å². The largest absolute Gasteiger partial charge is 0.249 e. The molecule has 25 heavy (non-hydrogen) atoms. The van der Waals surface area contributed by atoms with Crippen molar-refractivity contribution in [3.8, 4) is 0 Å². The molecular formula is C18H19ClN6.